The van der Waals surface area contributed by atoms with Gasteiger partial charge in [-0.1, -0.05) is 51.1 Å². The Labute approximate surface area is 114 Å². The molecule has 19 heavy (non-hydrogen) atoms. The summed E-state index contributed by atoms with van der Waals surface area (Å²) >= 11 is 0. The average Bonchev–Trinajstić information content (AvgIpc) is 2.37. The highest BCUT2D eigenvalue weighted by molar-refractivity contribution is 5.86. The zero-order valence-corrected chi connectivity index (χ0v) is 11.6. The second-order valence-corrected chi connectivity index (χ2v) is 5.59. The molecule has 2 aromatic carbocycles. The van der Waals surface area contributed by atoms with E-state index in [9.17, 15) is 5.11 Å². The zero-order valence-electron chi connectivity index (χ0n) is 11.6. The lowest BCUT2D eigenvalue weighted by atomic mass is 9.85. The Morgan fingerprint density at radius 3 is 2.26 bits per heavy atom. The Morgan fingerprint density at radius 2 is 1.63 bits per heavy atom. The lowest BCUT2D eigenvalue weighted by molar-refractivity contribution is 0.446. The minimum absolute atomic E-state index is 0.0827. The monoisotopic (exact) mass is 253 g/mol. The summed E-state index contributed by atoms with van der Waals surface area (Å²) < 4.78 is 0. The molecule has 0 aliphatic rings. The van der Waals surface area contributed by atoms with E-state index in [2.05, 4.69) is 25.8 Å². The van der Waals surface area contributed by atoms with Crippen molar-refractivity contribution >= 4 is 11.9 Å². The largest absolute Gasteiger partial charge is 0.507 e. The van der Waals surface area contributed by atoms with E-state index in [0.29, 0.717) is 5.75 Å². The van der Waals surface area contributed by atoms with Crippen molar-refractivity contribution in [1.29, 1.82) is 0 Å². The molecule has 0 radical (unpaired) electrons. The van der Waals surface area contributed by atoms with E-state index in [1.54, 1.807) is 6.21 Å². The summed E-state index contributed by atoms with van der Waals surface area (Å²) in [5.41, 5.74) is 2.48. The topological polar surface area (TPSA) is 32.6 Å². The molecular weight excluding hydrogens is 234 g/mol. The Balaban J connectivity index is 2.34. The first kappa shape index (κ1) is 13.3. The summed E-state index contributed by atoms with van der Waals surface area (Å²) in [5, 5.41) is 10.3. The van der Waals surface area contributed by atoms with E-state index in [1.165, 1.54) is 0 Å². The predicted molar refractivity (Wildman–Crippen MR) is 80.5 cm³/mol. The molecule has 1 N–H and O–H groups in total. The summed E-state index contributed by atoms with van der Waals surface area (Å²) in [6.07, 6.45) is 1.71. The third-order valence-corrected chi connectivity index (χ3v) is 2.98. The van der Waals surface area contributed by atoms with E-state index >= 15 is 0 Å². The standard InChI is InChI=1S/C17H19NO/c1-17(2,3)15-11-7-8-13(16(15)19)12-18-14-9-5-4-6-10-14/h4-12,19H,1-3H3/b18-12+. The molecule has 0 spiro atoms. The fraction of sp³-hybridized carbons (Fsp3) is 0.235. The van der Waals surface area contributed by atoms with Crippen molar-refractivity contribution in [2.75, 3.05) is 0 Å². The van der Waals surface area contributed by atoms with Crippen LogP contribution in [-0.4, -0.2) is 11.3 Å². The normalized spacial score (nSPS) is 11.9. The van der Waals surface area contributed by atoms with Crippen LogP contribution in [0.1, 0.15) is 31.9 Å². The first-order chi connectivity index (χ1) is 8.98. The number of aliphatic imine (C=N–C) groups is 1. The second-order valence-electron chi connectivity index (χ2n) is 5.59. The molecule has 0 aliphatic heterocycles. The molecular formula is C17H19NO. The minimum atomic E-state index is -0.0827. The molecule has 0 atom stereocenters. The van der Waals surface area contributed by atoms with Crippen molar-refractivity contribution in [1.82, 2.24) is 0 Å². The molecule has 0 amide bonds. The molecule has 0 bridgehead atoms. The lowest BCUT2D eigenvalue weighted by Crippen LogP contribution is -2.11. The minimum Gasteiger partial charge on any atom is -0.507 e. The van der Waals surface area contributed by atoms with E-state index in [1.807, 2.05) is 48.5 Å². The van der Waals surface area contributed by atoms with Crippen molar-refractivity contribution in [3.8, 4) is 5.75 Å². The molecule has 0 aliphatic carbocycles. The van der Waals surface area contributed by atoms with Crippen LogP contribution >= 0.6 is 0 Å². The third-order valence-electron chi connectivity index (χ3n) is 2.98. The molecule has 2 heteroatoms. The summed E-state index contributed by atoms with van der Waals surface area (Å²) in [4.78, 5) is 4.38. The van der Waals surface area contributed by atoms with Gasteiger partial charge in [-0.25, -0.2) is 0 Å². The summed E-state index contributed by atoms with van der Waals surface area (Å²) in [6.45, 7) is 6.25. The number of para-hydroxylation sites is 2. The number of benzene rings is 2. The molecule has 2 rings (SSSR count). The first-order valence-corrected chi connectivity index (χ1v) is 6.40. The van der Waals surface area contributed by atoms with Gasteiger partial charge in [0.05, 0.1) is 5.69 Å². The number of aromatic hydroxyl groups is 1. The lowest BCUT2D eigenvalue weighted by Gasteiger charge is -2.21. The van der Waals surface area contributed by atoms with Crippen LogP contribution in [0.4, 0.5) is 5.69 Å². The molecule has 2 nitrogen and oxygen atoms in total. The van der Waals surface area contributed by atoms with E-state index in [0.717, 1.165) is 16.8 Å². The van der Waals surface area contributed by atoms with Crippen LogP contribution in [0, 0.1) is 0 Å². The molecule has 0 saturated carbocycles. The fourth-order valence-electron chi connectivity index (χ4n) is 1.93. The van der Waals surface area contributed by atoms with Crippen LogP contribution in [0.15, 0.2) is 53.5 Å². The Hall–Kier alpha value is -2.09. The Kier molecular flexibility index (Phi) is 3.70. The molecule has 0 saturated heterocycles. The van der Waals surface area contributed by atoms with Crippen molar-refractivity contribution in [3.05, 3.63) is 59.7 Å². The zero-order chi connectivity index (χ0) is 13.9. The molecule has 0 aromatic heterocycles. The van der Waals surface area contributed by atoms with Crippen molar-refractivity contribution < 1.29 is 5.11 Å². The summed E-state index contributed by atoms with van der Waals surface area (Å²) in [6, 6.07) is 15.5. The van der Waals surface area contributed by atoms with Gasteiger partial charge in [0.15, 0.2) is 0 Å². The van der Waals surface area contributed by atoms with Crippen LogP contribution in [-0.2, 0) is 5.41 Å². The highest BCUT2D eigenvalue weighted by Gasteiger charge is 2.18. The van der Waals surface area contributed by atoms with Crippen LogP contribution in [0.25, 0.3) is 0 Å². The molecule has 2 aromatic rings. The maximum absolute atomic E-state index is 10.3. The Morgan fingerprint density at radius 1 is 0.947 bits per heavy atom. The Bertz CT molecular complexity index is 580. The summed E-state index contributed by atoms with van der Waals surface area (Å²) in [7, 11) is 0. The van der Waals surface area contributed by atoms with Gasteiger partial charge in [-0.05, 0) is 29.2 Å². The number of phenolic OH excluding ortho intramolecular Hbond substituents is 1. The number of nitrogens with zero attached hydrogens (tertiary/aromatic N) is 1. The molecule has 0 heterocycles. The highest BCUT2D eigenvalue weighted by Crippen LogP contribution is 2.32. The van der Waals surface area contributed by atoms with Crippen LogP contribution in [0.5, 0.6) is 5.75 Å². The maximum atomic E-state index is 10.3. The van der Waals surface area contributed by atoms with E-state index < -0.39 is 0 Å². The smallest absolute Gasteiger partial charge is 0.128 e. The predicted octanol–water partition coefficient (Wildman–Crippen LogP) is 4.44. The highest BCUT2D eigenvalue weighted by atomic mass is 16.3. The van der Waals surface area contributed by atoms with Gasteiger partial charge in [-0.15, -0.1) is 0 Å². The first-order valence-electron chi connectivity index (χ1n) is 6.40. The van der Waals surface area contributed by atoms with Crippen molar-refractivity contribution in [2.45, 2.75) is 26.2 Å². The number of hydrogen-bond donors (Lipinski definition) is 1. The van der Waals surface area contributed by atoms with Gasteiger partial charge < -0.3 is 5.11 Å². The van der Waals surface area contributed by atoms with Crippen molar-refractivity contribution in [3.63, 3.8) is 0 Å². The summed E-state index contributed by atoms with van der Waals surface area (Å²) in [5.74, 6) is 0.315. The fourth-order valence-corrected chi connectivity index (χ4v) is 1.93. The van der Waals surface area contributed by atoms with Crippen LogP contribution < -0.4 is 0 Å². The maximum Gasteiger partial charge on any atom is 0.128 e. The van der Waals surface area contributed by atoms with Gasteiger partial charge in [-0.2, -0.15) is 0 Å². The van der Waals surface area contributed by atoms with Gasteiger partial charge in [0.2, 0.25) is 0 Å². The van der Waals surface area contributed by atoms with Gasteiger partial charge in [0, 0.05) is 11.8 Å². The van der Waals surface area contributed by atoms with Crippen molar-refractivity contribution in [2.24, 2.45) is 4.99 Å². The van der Waals surface area contributed by atoms with Crippen LogP contribution in [0.2, 0.25) is 0 Å². The SMILES string of the molecule is CC(C)(C)c1cccc(/C=N/c2ccccc2)c1O. The average molecular weight is 253 g/mol. The molecule has 98 valence electrons. The molecule has 0 unspecified atom stereocenters. The van der Waals surface area contributed by atoms with Gasteiger partial charge in [0.1, 0.15) is 5.75 Å². The van der Waals surface area contributed by atoms with Crippen LogP contribution in [0.3, 0.4) is 0 Å². The number of rotatable bonds is 2. The van der Waals surface area contributed by atoms with Gasteiger partial charge >= 0.3 is 0 Å². The van der Waals surface area contributed by atoms with E-state index in [4.69, 9.17) is 0 Å². The number of phenols is 1. The third kappa shape index (κ3) is 3.22. The molecule has 0 fully saturated rings. The van der Waals surface area contributed by atoms with Gasteiger partial charge in [0.25, 0.3) is 0 Å². The van der Waals surface area contributed by atoms with E-state index in [-0.39, 0.29) is 5.41 Å². The number of hydrogen-bond acceptors (Lipinski definition) is 2. The van der Waals surface area contributed by atoms with Gasteiger partial charge in [-0.3, -0.25) is 4.99 Å². The second kappa shape index (κ2) is 5.27. The quantitative estimate of drug-likeness (QED) is 0.788.